The fourth-order valence-electron chi connectivity index (χ4n) is 1.99. The van der Waals surface area contributed by atoms with E-state index in [1.54, 1.807) is 0 Å². The highest BCUT2D eigenvalue weighted by Crippen LogP contribution is 2.24. The van der Waals surface area contributed by atoms with E-state index in [1.807, 2.05) is 6.07 Å². The number of anilines is 1. The van der Waals surface area contributed by atoms with Gasteiger partial charge in [0.25, 0.3) is 5.91 Å². The number of benzene rings is 2. The van der Waals surface area contributed by atoms with Crippen molar-refractivity contribution in [2.75, 3.05) is 5.32 Å². The molecule has 7 nitrogen and oxygen atoms in total. The Balaban J connectivity index is 1.93. The van der Waals surface area contributed by atoms with Crippen molar-refractivity contribution in [1.82, 2.24) is 4.98 Å². The third-order valence-corrected chi connectivity index (χ3v) is 3.05. The van der Waals surface area contributed by atoms with Crippen LogP contribution in [0.15, 0.2) is 45.6 Å². The SMILES string of the molecule is N#Cc1ccc(O)c(NC(=O)c2ccc3oc(=O)[nH]c3c2)c1. The number of phenols is 1. The minimum atomic E-state index is -0.605. The number of nitrogens with one attached hydrogen (secondary N) is 2. The molecular formula is C15H9N3O4. The number of phenolic OH excluding ortho intramolecular Hbond substituents is 1. The van der Waals surface area contributed by atoms with Gasteiger partial charge in [-0.25, -0.2) is 4.79 Å². The van der Waals surface area contributed by atoms with E-state index in [1.165, 1.54) is 36.4 Å². The smallest absolute Gasteiger partial charge is 0.417 e. The standard InChI is InChI=1S/C15H9N3O4/c16-7-8-1-3-12(19)10(5-8)17-14(20)9-2-4-13-11(6-9)18-15(21)22-13/h1-6,19H,(H,17,20)(H,18,21). The molecule has 0 radical (unpaired) electrons. The monoisotopic (exact) mass is 295 g/mol. The van der Waals surface area contributed by atoms with Gasteiger partial charge in [-0.15, -0.1) is 0 Å². The van der Waals surface area contributed by atoms with Gasteiger partial charge in [0, 0.05) is 5.56 Å². The van der Waals surface area contributed by atoms with Crippen LogP contribution in [-0.4, -0.2) is 16.0 Å². The Bertz CT molecular complexity index is 978. The molecule has 0 atom stereocenters. The van der Waals surface area contributed by atoms with Crippen LogP contribution in [0.3, 0.4) is 0 Å². The van der Waals surface area contributed by atoms with Gasteiger partial charge in [0.1, 0.15) is 5.75 Å². The molecule has 0 saturated heterocycles. The number of aromatic hydroxyl groups is 1. The van der Waals surface area contributed by atoms with Crippen molar-refractivity contribution in [1.29, 1.82) is 5.26 Å². The molecule has 108 valence electrons. The molecule has 1 heterocycles. The molecule has 0 bridgehead atoms. The number of nitriles is 1. The number of hydrogen-bond acceptors (Lipinski definition) is 5. The maximum Gasteiger partial charge on any atom is 0.417 e. The van der Waals surface area contributed by atoms with E-state index in [0.29, 0.717) is 16.7 Å². The first kappa shape index (κ1) is 13.5. The first-order valence-electron chi connectivity index (χ1n) is 6.24. The molecule has 0 saturated carbocycles. The van der Waals surface area contributed by atoms with E-state index < -0.39 is 11.7 Å². The largest absolute Gasteiger partial charge is 0.506 e. The number of oxazole rings is 1. The lowest BCUT2D eigenvalue weighted by atomic mass is 10.1. The van der Waals surface area contributed by atoms with Crippen LogP contribution in [0.25, 0.3) is 11.1 Å². The van der Waals surface area contributed by atoms with Gasteiger partial charge in [-0.05, 0) is 36.4 Å². The minimum absolute atomic E-state index is 0.129. The number of rotatable bonds is 2. The second-order valence-corrected chi connectivity index (χ2v) is 4.52. The van der Waals surface area contributed by atoms with Gasteiger partial charge in [-0.3, -0.25) is 9.78 Å². The van der Waals surface area contributed by atoms with Crippen LogP contribution in [-0.2, 0) is 0 Å². The highest BCUT2D eigenvalue weighted by Gasteiger charge is 2.11. The summed E-state index contributed by atoms with van der Waals surface area (Å²) in [6, 6.07) is 10.5. The van der Waals surface area contributed by atoms with Crippen molar-refractivity contribution in [3.8, 4) is 11.8 Å². The third kappa shape index (κ3) is 2.41. The Morgan fingerprint density at radius 1 is 1.27 bits per heavy atom. The molecular weight excluding hydrogens is 286 g/mol. The highest BCUT2D eigenvalue weighted by molar-refractivity contribution is 6.06. The second kappa shape index (κ2) is 5.10. The number of nitrogens with zero attached hydrogens (tertiary/aromatic N) is 1. The average molecular weight is 295 g/mol. The second-order valence-electron chi connectivity index (χ2n) is 4.52. The van der Waals surface area contributed by atoms with Crippen LogP contribution >= 0.6 is 0 Å². The van der Waals surface area contributed by atoms with Crippen LogP contribution in [0, 0.1) is 11.3 Å². The Labute approximate surface area is 123 Å². The molecule has 3 rings (SSSR count). The van der Waals surface area contributed by atoms with Gasteiger partial charge in [-0.2, -0.15) is 5.26 Å². The van der Waals surface area contributed by atoms with Crippen molar-refractivity contribution in [3.63, 3.8) is 0 Å². The van der Waals surface area contributed by atoms with Crippen molar-refractivity contribution < 1.29 is 14.3 Å². The van der Waals surface area contributed by atoms with Crippen molar-refractivity contribution >= 4 is 22.7 Å². The molecule has 1 amide bonds. The molecule has 0 aliphatic rings. The number of aromatic nitrogens is 1. The van der Waals surface area contributed by atoms with Crippen molar-refractivity contribution in [2.24, 2.45) is 0 Å². The van der Waals surface area contributed by atoms with Gasteiger partial charge in [0.2, 0.25) is 0 Å². The molecule has 3 N–H and O–H groups in total. The zero-order chi connectivity index (χ0) is 15.7. The molecule has 0 unspecified atom stereocenters. The Morgan fingerprint density at radius 2 is 2.09 bits per heavy atom. The summed E-state index contributed by atoms with van der Waals surface area (Å²) >= 11 is 0. The lowest BCUT2D eigenvalue weighted by Crippen LogP contribution is -2.12. The zero-order valence-electron chi connectivity index (χ0n) is 11.1. The average Bonchev–Trinajstić information content (AvgIpc) is 2.88. The predicted molar refractivity (Wildman–Crippen MR) is 77.6 cm³/mol. The Hall–Kier alpha value is -3.53. The minimum Gasteiger partial charge on any atom is -0.506 e. The molecule has 1 aromatic heterocycles. The maximum atomic E-state index is 12.2. The van der Waals surface area contributed by atoms with Gasteiger partial charge in [0.05, 0.1) is 22.8 Å². The molecule has 7 heteroatoms. The topological polar surface area (TPSA) is 119 Å². The number of fused-ring (bicyclic) bond motifs is 1. The summed E-state index contributed by atoms with van der Waals surface area (Å²) < 4.78 is 4.85. The lowest BCUT2D eigenvalue weighted by molar-refractivity contribution is 0.102. The van der Waals surface area contributed by atoms with E-state index in [2.05, 4.69) is 10.3 Å². The lowest BCUT2D eigenvalue weighted by Gasteiger charge is -2.07. The number of hydrogen-bond donors (Lipinski definition) is 3. The molecule has 2 aromatic carbocycles. The van der Waals surface area contributed by atoms with Crippen LogP contribution in [0.5, 0.6) is 5.75 Å². The molecule has 0 aliphatic carbocycles. The quantitative estimate of drug-likeness (QED) is 0.624. The number of carbonyl (C=O) groups is 1. The molecule has 0 fully saturated rings. The number of carbonyl (C=O) groups excluding carboxylic acids is 1. The fraction of sp³-hybridized carbons (Fsp3) is 0. The zero-order valence-corrected chi connectivity index (χ0v) is 11.1. The van der Waals surface area contributed by atoms with Crippen LogP contribution in [0.4, 0.5) is 5.69 Å². The first-order valence-corrected chi connectivity index (χ1v) is 6.24. The predicted octanol–water partition coefficient (Wildman–Crippen LogP) is 1.95. The van der Waals surface area contributed by atoms with Gasteiger partial charge < -0.3 is 14.8 Å². The summed E-state index contributed by atoms with van der Waals surface area (Å²) in [4.78, 5) is 25.7. The van der Waals surface area contributed by atoms with Gasteiger partial charge >= 0.3 is 5.76 Å². The van der Waals surface area contributed by atoms with E-state index in [9.17, 15) is 14.7 Å². The van der Waals surface area contributed by atoms with E-state index in [-0.39, 0.29) is 17.0 Å². The molecule has 0 aliphatic heterocycles. The Morgan fingerprint density at radius 3 is 2.86 bits per heavy atom. The summed E-state index contributed by atoms with van der Waals surface area (Å²) in [7, 11) is 0. The fourth-order valence-corrected chi connectivity index (χ4v) is 1.99. The van der Waals surface area contributed by atoms with E-state index in [0.717, 1.165) is 0 Å². The van der Waals surface area contributed by atoms with Crippen LogP contribution in [0.2, 0.25) is 0 Å². The summed E-state index contributed by atoms with van der Waals surface area (Å²) in [6.07, 6.45) is 0. The number of H-pyrrole nitrogens is 1. The summed E-state index contributed by atoms with van der Waals surface area (Å²) in [5, 5.41) is 21.1. The first-order chi connectivity index (χ1) is 10.6. The molecule has 3 aromatic rings. The van der Waals surface area contributed by atoms with Gasteiger partial charge in [-0.1, -0.05) is 0 Å². The highest BCUT2D eigenvalue weighted by atomic mass is 16.4. The van der Waals surface area contributed by atoms with E-state index in [4.69, 9.17) is 9.68 Å². The number of aromatic amines is 1. The molecule has 22 heavy (non-hydrogen) atoms. The summed E-state index contributed by atoms with van der Waals surface area (Å²) in [6.45, 7) is 0. The van der Waals surface area contributed by atoms with Crippen molar-refractivity contribution in [3.05, 3.63) is 58.1 Å². The van der Waals surface area contributed by atoms with E-state index >= 15 is 0 Å². The Kier molecular flexibility index (Phi) is 3.12. The summed E-state index contributed by atoms with van der Waals surface area (Å²) in [5.74, 6) is -1.24. The van der Waals surface area contributed by atoms with Crippen LogP contribution in [0.1, 0.15) is 15.9 Å². The molecule has 0 spiro atoms. The number of amides is 1. The van der Waals surface area contributed by atoms with Gasteiger partial charge in [0.15, 0.2) is 5.58 Å². The summed E-state index contributed by atoms with van der Waals surface area (Å²) in [5.41, 5.74) is 1.45. The normalized spacial score (nSPS) is 10.3. The van der Waals surface area contributed by atoms with Crippen LogP contribution < -0.4 is 11.1 Å². The maximum absolute atomic E-state index is 12.2. The third-order valence-electron chi connectivity index (χ3n) is 3.05. The van der Waals surface area contributed by atoms with Crippen molar-refractivity contribution in [2.45, 2.75) is 0 Å².